The molecule has 0 radical (unpaired) electrons. The number of nitrogens with one attached hydrogen (secondary N) is 1. The van der Waals surface area contributed by atoms with E-state index in [1.54, 1.807) is 12.1 Å². The van der Waals surface area contributed by atoms with E-state index in [-0.39, 0.29) is 29.3 Å². The molecule has 5 atom stereocenters. The van der Waals surface area contributed by atoms with E-state index in [9.17, 15) is 30.7 Å². The van der Waals surface area contributed by atoms with Crippen LogP contribution in [0.4, 0.5) is 30.7 Å². The average Bonchev–Trinajstić information content (AvgIpc) is 3.21. The van der Waals surface area contributed by atoms with Gasteiger partial charge >= 0.3 is 12.4 Å². The molecule has 2 fully saturated rings. The quantitative estimate of drug-likeness (QED) is 0.496. The Morgan fingerprint density at radius 1 is 0.879 bits per heavy atom. The Labute approximate surface area is 187 Å². The largest absolute Gasteiger partial charge is 0.416 e. The van der Waals surface area contributed by atoms with E-state index in [4.69, 9.17) is 4.74 Å². The second-order valence-electron chi connectivity index (χ2n) is 8.89. The first-order valence-electron chi connectivity index (χ1n) is 10.8. The number of halogens is 7. The maximum Gasteiger partial charge on any atom is 0.416 e. The topological polar surface area (TPSA) is 21.3 Å². The van der Waals surface area contributed by atoms with Crippen LogP contribution in [0, 0.1) is 17.7 Å². The zero-order chi connectivity index (χ0) is 24.0. The molecule has 1 saturated heterocycles. The highest BCUT2D eigenvalue weighted by Crippen LogP contribution is 2.46. The summed E-state index contributed by atoms with van der Waals surface area (Å²) in [4.78, 5) is 0. The smallest absolute Gasteiger partial charge is 0.370 e. The number of rotatable bonds is 4. The van der Waals surface area contributed by atoms with Crippen LogP contribution in [-0.2, 0) is 17.1 Å². The molecule has 9 heteroatoms. The minimum Gasteiger partial charge on any atom is -0.370 e. The number of benzene rings is 2. The maximum absolute atomic E-state index is 13.5. The summed E-state index contributed by atoms with van der Waals surface area (Å²) in [6.07, 6.45) is -9.80. The fraction of sp³-hybridized carbons (Fsp3) is 0.500. The van der Waals surface area contributed by atoms with Gasteiger partial charge in [-0.3, -0.25) is 0 Å². The average molecular weight is 475 g/mol. The Balaban J connectivity index is 1.65. The molecule has 1 heterocycles. The number of fused-ring (bicyclic) bond motifs is 1. The summed E-state index contributed by atoms with van der Waals surface area (Å²) in [5.41, 5.74) is -2.04. The molecule has 1 aliphatic heterocycles. The molecule has 2 nitrogen and oxygen atoms in total. The van der Waals surface area contributed by atoms with Gasteiger partial charge in [-0.1, -0.05) is 12.1 Å². The zero-order valence-corrected chi connectivity index (χ0v) is 17.8. The van der Waals surface area contributed by atoms with Crippen LogP contribution in [0.3, 0.4) is 0 Å². The second kappa shape index (κ2) is 8.91. The molecular formula is C24H24F7NO. The molecule has 1 saturated carbocycles. The first-order valence-corrected chi connectivity index (χ1v) is 10.8. The predicted molar refractivity (Wildman–Crippen MR) is 108 cm³/mol. The number of hydrogen-bond donors (Lipinski definition) is 1. The summed E-state index contributed by atoms with van der Waals surface area (Å²) in [6.45, 7) is 3.03. The Kier molecular flexibility index (Phi) is 6.48. The van der Waals surface area contributed by atoms with E-state index in [1.165, 1.54) is 19.1 Å². The standard InChI is InChI=1S/C24H24F7NO/c1-13(16-8-17(23(26,27)28)10-18(9-16)24(29,30)31)33-21-7-4-15-11-32-12-20(15)22(21)14-2-5-19(25)6-3-14/h2-3,5-6,8-10,13,15,20-22,32H,4,7,11-12H2,1H3/t13-,15+,20?,21+,22+/m0/s1. The third kappa shape index (κ3) is 5.19. The Hall–Kier alpha value is -2.13. The van der Waals surface area contributed by atoms with E-state index < -0.39 is 35.7 Å². The first-order chi connectivity index (χ1) is 15.4. The number of ether oxygens (including phenoxy) is 1. The van der Waals surface area contributed by atoms with E-state index in [1.807, 2.05) is 0 Å². The van der Waals surface area contributed by atoms with Crippen LogP contribution in [0.25, 0.3) is 0 Å². The fourth-order valence-corrected chi connectivity index (χ4v) is 5.18. The van der Waals surface area contributed by atoms with Crippen molar-refractivity contribution in [3.8, 4) is 0 Å². The van der Waals surface area contributed by atoms with Crippen molar-refractivity contribution in [3.05, 3.63) is 70.5 Å². The van der Waals surface area contributed by atoms with Gasteiger partial charge in [0.1, 0.15) is 5.82 Å². The van der Waals surface area contributed by atoms with Gasteiger partial charge in [-0.25, -0.2) is 4.39 Å². The highest BCUT2D eigenvalue weighted by atomic mass is 19.4. The minimum atomic E-state index is -4.92. The molecule has 1 N–H and O–H groups in total. The molecule has 0 amide bonds. The molecule has 33 heavy (non-hydrogen) atoms. The fourth-order valence-electron chi connectivity index (χ4n) is 5.18. The predicted octanol–water partition coefficient (Wildman–Crippen LogP) is 6.72. The molecule has 0 spiro atoms. The van der Waals surface area contributed by atoms with Crippen molar-refractivity contribution >= 4 is 0 Å². The van der Waals surface area contributed by atoms with Crippen LogP contribution in [-0.4, -0.2) is 19.2 Å². The molecule has 4 rings (SSSR count). The molecule has 2 aliphatic rings. The monoisotopic (exact) mass is 475 g/mol. The molecule has 0 bridgehead atoms. The Morgan fingerprint density at radius 3 is 2.06 bits per heavy atom. The zero-order valence-electron chi connectivity index (χ0n) is 17.8. The van der Waals surface area contributed by atoms with Crippen molar-refractivity contribution in [1.82, 2.24) is 5.32 Å². The number of hydrogen-bond acceptors (Lipinski definition) is 2. The lowest BCUT2D eigenvalue weighted by Gasteiger charge is -2.41. The first kappa shape index (κ1) is 24.0. The summed E-state index contributed by atoms with van der Waals surface area (Å²) in [5.74, 6) is 0.0501. The van der Waals surface area contributed by atoms with Crippen molar-refractivity contribution in [2.24, 2.45) is 11.8 Å². The van der Waals surface area contributed by atoms with E-state index >= 15 is 0 Å². The van der Waals surface area contributed by atoms with E-state index in [0.717, 1.165) is 37.2 Å². The second-order valence-corrected chi connectivity index (χ2v) is 8.89. The molecule has 2 aromatic rings. The van der Waals surface area contributed by atoms with Gasteiger partial charge in [0.25, 0.3) is 0 Å². The van der Waals surface area contributed by atoms with Gasteiger partial charge in [0.15, 0.2) is 0 Å². The van der Waals surface area contributed by atoms with Crippen molar-refractivity contribution < 1.29 is 35.5 Å². The maximum atomic E-state index is 13.5. The molecule has 0 aromatic heterocycles. The van der Waals surface area contributed by atoms with Crippen molar-refractivity contribution in [1.29, 1.82) is 0 Å². The van der Waals surface area contributed by atoms with Gasteiger partial charge < -0.3 is 10.1 Å². The van der Waals surface area contributed by atoms with Gasteiger partial charge in [-0.15, -0.1) is 0 Å². The highest BCUT2D eigenvalue weighted by Gasteiger charge is 2.44. The van der Waals surface area contributed by atoms with Crippen LogP contribution >= 0.6 is 0 Å². The van der Waals surface area contributed by atoms with Crippen LogP contribution in [0.2, 0.25) is 0 Å². The third-order valence-corrected chi connectivity index (χ3v) is 6.79. The molecule has 2 aromatic carbocycles. The third-order valence-electron chi connectivity index (χ3n) is 6.79. The Bertz CT molecular complexity index is 938. The summed E-state index contributed by atoms with van der Waals surface area (Å²) in [5, 5.41) is 3.35. The van der Waals surface area contributed by atoms with Gasteiger partial charge in [0, 0.05) is 5.92 Å². The lowest BCUT2D eigenvalue weighted by atomic mass is 9.69. The lowest BCUT2D eigenvalue weighted by molar-refractivity contribution is -0.143. The molecule has 1 aliphatic carbocycles. The molecular weight excluding hydrogens is 451 g/mol. The van der Waals surface area contributed by atoms with Gasteiger partial charge in [-0.2, -0.15) is 26.3 Å². The van der Waals surface area contributed by atoms with Gasteiger partial charge in [0.05, 0.1) is 23.3 Å². The summed E-state index contributed by atoms with van der Waals surface area (Å²) in [6, 6.07) is 7.61. The summed E-state index contributed by atoms with van der Waals surface area (Å²) >= 11 is 0. The van der Waals surface area contributed by atoms with Gasteiger partial charge in [-0.05, 0) is 86.1 Å². The van der Waals surface area contributed by atoms with Crippen molar-refractivity contribution in [2.45, 2.75) is 50.2 Å². The Morgan fingerprint density at radius 2 is 1.48 bits per heavy atom. The highest BCUT2D eigenvalue weighted by molar-refractivity contribution is 5.35. The van der Waals surface area contributed by atoms with Crippen LogP contribution < -0.4 is 5.32 Å². The van der Waals surface area contributed by atoms with E-state index in [0.29, 0.717) is 12.3 Å². The van der Waals surface area contributed by atoms with Crippen LogP contribution in [0.15, 0.2) is 42.5 Å². The normalized spacial score (nSPS) is 26.8. The van der Waals surface area contributed by atoms with Crippen LogP contribution in [0.5, 0.6) is 0 Å². The van der Waals surface area contributed by atoms with Crippen molar-refractivity contribution in [3.63, 3.8) is 0 Å². The lowest BCUT2D eigenvalue weighted by Crippen LogP contribution is -2.38. The van der Waals surface area contributed by atoms with Crippen LogP contribution in [0.1, 0.15) is 54.0 Å². The van der Waals surface area contributed by atoms with Crippen molar-refractivity contribution in [2.75, 3.05) is 13.1 Å². The van der Waals surface area contributed by atoms with E-state index in [2.05, 4.69) is 5.32 Å². The molecule has 1 unspecified atom stereocenters. The summed E-state index contributed by atoms with van der Waals surface area (Å²) < 4.78 is 99.3. The van der Waals surface area contributed by atoms with Gasteiger partial charge in [0.2, 0.25) is 0 Å². The minimum absolute atomic E-state index is 0.118. The summed E-state index contributed by atoms with van der Waals surface area (Å²) in [7, 11) is 0. The SMILES string of the molecule is C[C@H](O[C@@H]1CC[C@@H]2CNCC2[C@H]1c1ccc(F)cc1)c1cc(C(F)(F)F)cc(C(F)(F)F)c1. The number of alkyl halides is 6. The molecule has 180 valence electrons.